The highest BCUT2D eigenvalue weighted by molar-refractivity contribution is 7.87. The normalized spacial score (nSPS) is 29.0. The van der Waals surface area contributed by atoms with Crippen molar-refractivity contribution in [3.8, 4) is 0 Å². The van der Waals surface area contributed by atoms with Crippen LogP contribution in [0.5, 0.6) is 0 Å². The molecule has 0 radical (unpaired) electrons. The maximum Gasteiger partial charge on any atom is 0.341 e. The van der Waals surface area contributed by atoms with Gasteiger partial charge in [-0.1, -0.05) is 46.6 Å². The second kappa shape index (κ2) is 6.42. The number of hydrogen-bond acceptors (Lipinski definition) is 4. The minimum Gasteiger partial charge on any atom is -0.345 e. The van der Waals surface area contributed by atoms with Crippen LogP contribution in [0.3, 0.4) is 0 Å². The number of hydrogen-bond donors (Lipinski definition) is 0. The molecule has 0 amide bonds. The lowest BCUT2D eigenvalue weighted by atomic mass is 9.55. The molecule has 1 fully saturated rings. The first-order valence-corrected chi connectivity index (χ1v) is 10.7. The fourth-order valence-electron chi connectivity index (χ4n) is 5.21. The van der Waals surface area contributed by atoms with Crippen LogP contribution in [0, 0.1) is 11.8 Å². The van der Waals surface area contributed by atoms with Gasteiger partial charge in [-0.05, 0) is 65.2 Å². The molecule has 2 aliphatic carbocycles. The Labute approximate surface area is 151 Å². The Morgan fingerprint density at radius 1 is 1.28 bits per heavy atom. The van der Waals surface area contributed by atoms with Gasteiger partial charge in [-0.3, -0.25) is 4.79 Å². The van der Waals surface area contributed by atoms with Gasteiger partial charge >= 0.3 is 16.6 Å². The molecule has 4 nitrogen and oxygen atoms in total. The maximum atomic E-state index is 12.5. The summed E-state index contributed by atoms with van der Waals surface area (Å²) in [5.41, 5.74) is 3.16. The van der Waals surface area contributed by atoms with Crippen molar-refractivity contribution < 1.29 is 17.4 Å². The van der Waals surface area contributed by atoms with E-state index in [0.717, 1.165) is 24.0 Å². The zero-order valence-electron chi connectivity index (χ0n) is 15.5. The number of carbonyl (C=O) groups excluding carboxylic acids is 1. The van der Waals surface area contributed by atoms with Crippen LogP contribution in [-0.2, 0) is 30.9 Å². The van der Waals surface area contributed by atoms with Crippen molar-refractivity contribution in [3.05, 3.63) is 28.8 Å². The van der Waals surface area contributed by atoms with Crippen molar-refractivity contribution in [1.82, 2.24) is 0 Å². The van der Waals surface area contributed by atoms with E-state index >= 15 is 0 Å². The monoisotopic (exact) mass is 364 g/mol. The van der Waals surface area contributed by atoms with Crippen molar-refractivity contribution in [2.45, 2.75) is 76.0 Å². The van der Waals surface area contributed by atoms with Crippen LogP contribution in [0.15, 0.2) is 17.0 Å². The molecule has 138 valence electrons. The van der Waals surface area contributed by atoms with Gasteiger partial charge in [-0.2, -0.15) is 8.42 Å². The Balaban J connectivity index is 2.21. The summed E-state index contributed by atoms with van der Waals surface area (Å²) in [5.74, 6) is 1.28. The highest BCUT2D eigenvalue weighted by Crippen LogP contribution is 2.53. The molecule has 0 heterocycles. The molecule has 3 atom stereocenters. The molecule has 3 rings (SSSR count). The third-order valence-electron chi connectivity index (χ3n) is 6.49. The van der Waals surface area contributed by atoms with Crippen molar-refractivity contribution >= 4 is 16.6 Å². The average molecular weight is 365 g/mol. The largest absolute Gasteiger partial charge is 0.345 e. The Kier molecular flexibility index (Phi) is 4.73. The number of carbonyl (C=O) groups is 1. The van der Waals surface area contributed by atoms with E-state index in [1.165, 1.54) is 24.8 Å². The Bertz CT molecular complexity index is 781. The topological polar surface area (TPSA) is 60.4 Å². The van der Waals surface area contributed by atoms with Gasteiger partial charge in [0.25, 0.3) is 0 Å². The molecule has 0 N–H and O–H groups in total. The highest BCUT2D eigenvalue weighted by atomic mass is 32.2. The molecule has 0 bridgehead atoms. The van der Waals surface area contributed by atoms with Gasteiger partial charge in [0.05, 0.1) is 0 Å². The van der Waals surface area contributed by atoms with Crippen molar-refractivity contribution in [3.63, 3.8) is 0 Å². The molecule has 1 aromatic rings. The number of rotatable bonds is 4. The summed E-state index contributed by atoms with van der Waals surface area (Å²) in [6.45, 7) is 8.56. The van der Waals surface area contributed by atoms with Gasteiger partial charge in [-0.15, -0.1) is 0 Å². The minimum absolute atomic E-state index is 0.00604. The van der Waals surface area contributed by atoms with E-state index in [4.69, 9.17) is 0 Å². The van der Waals surface area contributed by atoms with E-state index in [0.29, 0.717) is 11.8 Å². The standard InChI is InChI=1S/C20H28O4S/c1-13(2)16-10-15-7-8-17-14(3)6-5-9-20(17,4)18(15)11-19(16)25(22,23)24-12-21/h10-14,17H,5-9H2,1-4H3/t14-,17-,20+/m1/s1. The first kappa shape index (κ1) is 18.4. The molecule has 0 spiro atoms. The van der Waals surface area contributed by atoms with E-state index < -0.39 is 10.1 Å². The SMILES string of the molecule is CC(C)c1cc2c(cc1S(=O)(=O)OC=O)[C@@]1(C)CCC[C@@H](C)[C@H]1CC2. The summed E-state index contributed by atoms with van der Waals surface area (Å²) in [5, 5.41) is 0. The summed E-state index contributed by atoms with van der Waals surface area (Å²) in [6, 6.07) is 3.86. The molecule has 25 heavy (non-hydrogen) atoms. The lowest BCUT2D eigenvalue weighted by Crippen LogP contribution is -2.43. The van der Waals surface area contributed by atoms with Gasteiger partial charge in [0.15, 0.2) is 0 Å². The summed E-state index contributed by atoms with van der Waals surface area (Å²) in [7, 11) is -4.07. The van der Waals surface area contributed by atoms with Crippen LogP contribution >= 0.6 is 0 Å². The lowest BCUT2D eigenvalue weighted by molar-refractivity contribution is -0.120. The Hall–Kier alpha value is -1.36. The summed E-state index contributed by atoms with van der Waals surface area (Å²) >= 11 is 0. The second-order valence-electron chi connectivity index (χ2n) is 8.28. The average Bonchev–Trinajstić information content (AvgIpc) is 2.53. The molecule has 2 aliphatic rings. The molecular weight excluding hydrogens is 336 g/mol. The summed E-state index contributed by atoms with van der Waals surface area (Å²) < 4.78 is 29.5. The quantitative estimate of drug-likeness (QED) is 0.590. The zero-order chi connectivity index (χ0) is 18.4. The fourth-order valence-corrected chi connectivity index (χ4v) is 6.26. The number of benzene rings is 1. The van der Waals surface area contributed by atoms with Gasteiger partial charge in [0, 0.05) is 0 Å². The Morgan fingerprint density at radius 2 is 2.00 bits per heavy atom. The fraction of sp³-hybridized carbons (Fsp3) is 0.650. The summed E-state index contributed by atoms with van der Waals surface area (Å²) in [6.07, 6.45) is 5.67. The van der Waals surface area contributed by atoms with Gasteiger partial charge in [-0.25, -0.2) is 0 Å². The predicted molar refractivity (Wildman–Crippen MR) is 97.0 cm³/mol. The van der Waals surface area contributed by atoms with E-state index in [9.17, 15) is 13.2 Å². The predicted octanol–water partition coefficient (Wildman–Crippen LogP) is 4.31. The Morgan fingerprint density at radius 3 is 2.64 bits per heavy atom. The molecule has 1 saturated carbocycles. The number of aryl methyl sites for hydroxylation is 1. The van der Waals surface area contributed by atoms with Crippen molar-refractivity contribution in [2.24, 2.45) is 11.8 Å². The first-order valence-electron chi connectivity index (χ1n) is 9.25. The maximum absolute atomic E-state index is 12.5. The van der Waals surface area contributed by atoms with E-state index in [1.54, 1.807) is 0 Å². The lowest BCUT2D eigenvalue weighted by Gasteiger charge is -2.50. The molecule has 0 unspecified atom stereocenters. The van der Waals surface area contributed by atoms with Crippen LogP contribution < -0.4 is 0 Å². The van der Waals surface area contributed by atoms with Gasteiger partial charge in [0.1, 0.15) is 4.90 Å². The van der Waals surface area contributed by atoms with Crippen LogP contribution in [0.4, 0.5) is 0 Å². The summed E-state index contributed by atoms with van der Waals surface area (Å²) in [4.78, 5) is 10.9. The van der Waals surface area contributed by atoms with E-state index in [2.05, 4.69) is 18.0 Å². The van der Waals surface area contributed by atoms with Crippen LogP contribution in [0.25, 0.3) is 0 Å². The third kappa shape index (κ3) is 3.01. The van der Waals surface area contributed by atoms with Crippen LogP contribution in [0.2, 0.25) is 0 Å². The highest BCUT2D eigenvalue weighted by Gasteiger charge is 2.45. The van der Waals surface area contributed by atoms with Crippen molar-refractivity contribution in [2.75, 3.05) is 0 Å². The second-order valence-corrected chi connectivity index (χ2v) is 9.82. The molecule has 0 saturated heterocycles. The van der Waals surface area contributed by atoms with Gasteiger partial charge in [0.2, 0.25) is 0 Å². The first-order chi connectivity index (χ1) is 11.7. The third-order valence-corrected chi connectivity index (χ3v) is 7.72. The zero-order valence-corrected chi connectivity index (χ0v) is 16.4. The van der Waals surface area contributed by atoms with Crippen LogP contribution in [-0.4, -0.2) is 14.9 Å². The molecular formula is C20H28O4S. The van der Waals surface area contributed by atoms with E-state index in [-0.39, 0.29) is 22.7 Å². The van der Waals surface area contributed by atoms with Crippen LogP contribution in [0.1, 0.15) is 76.0 Å². The van der Waals surface area contributed by atoms with Gasteiger partial charge < -0.3 is 4.18 Å². The smallest absolute Gasteiger partial charge is 0.341 e. The molecule has 1 aromatic carbocycles. The van der Waals surface area contributed by atoms with E-state index in [1.807, 2.05) is 26.0 Å². The molecule has 5 heteroatoms. The van der Waals surface area contributed by atoms with Crippen molar-refractivity contribution in [1.29, 1.82) is 0 Å². The number of fused-ring (bicyclic) bond motifs is 3. The molecule has 0 aliphatic heterocycles. The molecule has 0 aromatic heterocycles. The minimum atomic E-state index is -4.07.